The number of furan rings is 1. The summed E-state index contributed by atoms with van der Waals surface area (Å²) >= 11 is 0. The van der Waals surface area contributed by atoms with Gasteiger partial charge in [-0.15, -0.1) is 0 Å². The third kappa shape index (κ3) is 2.12. The van der Waals surface area contributed by atoms with Gasteiger partial charge in [0.25, 0.3) is 0 Å². The molecule has 0 aliphatic heterocycles. The van der Waals surface area contributed by atoms with E-state index in [0.717, 1.165) is 0 Å². The minimum absolute atomic E-state index is 0.0329. The molecule has 0 spiro atoms. The Kier molecular flexibility index (Phi) is 3.11. The van der Waals surface area contributed by atoms with Crippen LogP contribution in [0.15, 0.2) is 40.2 Å². The van der Waals surface area contributed by atoms with Gasteiger partial charge in [-0.25, -0.2) is 19.7 Å². The molecule has 3 aromatic heterocycles. The van der Waals surface area contributed by atoms with Crippen molar-refractivity contribution in [3.63, 3.8) is 0 Å². The van der Waals surface area contributed by atoms with E-state index in [0.29, 0.717) is 22.6 Å². The number of carbonyl (C=O) groups excluding carboxylic acids is 1. The maximum absolute atomic E-state index is 11.8. The van der Waals surface area contributed by atoms with Gasteiger partial charge in [0.2, 0.25) is 5.76 Å². The molecule has 3 heterocycles. The summed E-state index contributed by atoms with van der Waals surface area (Å²) in [5, 5.41) is 0. The lowest BCUT2D eigenvalue weighted by molar-refractivity contribution is 0.0566. The van der Waals surface area contributed by atoms with Crippen LogP contribution in [0.3, 0.4) is 0 Å². The van der Waals surface area contributed by atoms with Gasteiger partial charge in [-0.1, -0.05) is 0 Å². The summed E-state index contributed by atoms with van der Waals surface area (Å²) in [4.78, 5) is 23.7. The Morgan fingerprint density at radius 1 is 1.29 bits per heavy atom. The Morgan fingerprint density at radius 2 is 2.14 bits per heavy atom. The summed E-state index contributed by atoms with van der Waals surface area (Å²) < 4.78 is 15.1. The molecule has 2 N–H and O–H groups in total. The van der Waals surface area contributed by atoms with E-state index in [1.165, 1.54) is 38.5 Å². The molecule has 3 aromatic rings. The second-order valence-electron chi connectivity index (χ2n) is 4.04. The number of nitrogens with zero attached hydrogens (tertiary/aromatic N) is 3. The summed E-state index contributed by atoms with van der Waals surface area (Å²) in [7, 11) is 1.25. The van der Waals surface area contributed by atoms with E-state index >= 15 is 0 Å². The molecule has 106 valence electrons. The van der Waals surface area contributed by atoms with Crippen molar-refractivity contribution in [2.75, 3.05) is 12.8 Å². The van der Waals surface area contributed by atoms with Crippen molar-refractivity contribution in [2.24, 2.45) is 0 Å². The smallest absolute Gasteiger partial charge is 0.374 e. The van der Waals surface area contributed by atoms with Crippen molar-refractivity contribution in [1.82, 2.24) is 15.0 Å². The molecule has 0 bridgehead atoms. The standard InChI is InChI=1S/C13H10N4O4/c1-19-13(18)12-10(8(14)4-20-12)11-7(2-15-5-17-11)9-3-16-6-21-9/h2-6H,14H2,1H3. The number of oxazole rings is 1. The van der Waals surface area contributed by atoms with Gasteiger partial charge >= 0.3 is 5.97 Å². The Bertz CT molecular complexity index is 779. The zero-order valence-electron chi connectivity index (χ0n) is 10.9. The molecule has 8 nitrogen and oxygen atoms in total. The molecule has 0 saturated heterocycles. The Balaban J connectivity index is 2.23. The van der Waals surface area contributed by atoms with Crippen LogP contribution in [0.2, 0.25) is 0 Å². The average molecular weight is 286 g/mol. The van der Waals surface area contributed by atoms with Crippen molar-refractivity contribution in [3.8, 4) is 22.6 Å². The number of methoxy groups -OCH3 is 1. The van der Waals surface area contributed by atoms with Crippen LogP contribution in [-0.2, 0) is 4.74 Å². The predicted octanol–water partition coefficient (Wildman–Crippen LogP) is 1.76. The number of ether oxygens (including phenoxy) is 1. The number of rotatable bonds is 3. The van der Waals surface area contributed by atoms with E-state index in [1.807, 2.05) is 0 Å². The number of hydrogen-bond donors (Lipinski definition) is 1. The monoisotopic (exact) mass is 286 g/mol. The van der Waals surface area contributed by atoms with E-state index in [1.54, 1.807) is 0 Å². The lowest BCUT2D eigenvalue weighted by Crippen LogP contribution is -2.03. The van der Waals surface area contributed by atoms with Crippen LogP contribution in [0, 0.1) is 0 Å². The van der Waals surface area contributed by atoms with E-state index < -0.39 is 5.97 Å². The average Bonchev–Trinajstić information content (AvgIpc) is 3.16. The highest BCUT2D eigenvalue weighted by atomic mass is 16.5. The molecular weight excluding hydrogens is 276 g/mol. The van der Waals surface area contributed by atoms with Crippen LogP contribution in [0.4, 0.5) is 5.69 Å². The minimum atomic E-state index is -0.649. The number of aromatic nitrogens is 3. The number of carbonyl (C=O) groups is 1. The highest BCUT2D eigenvalue weighted by molar-refractivity contribution is 5.99. The fourth-order valence-electron chi connectivity index (χ4n) is 1.92. The summed E-state index contributed by atoms with van der Waals surface area (Å²) in [5.74, 6) is -0.236. The molecule has 3 rings (SSSR count). The predicted molar refractivity (Wildman–Crippen MR) is 71.0 cm³/mol. The number of esters is 1. The molecule has 0 fully saturated rings. The van der Waals surface area contributed by atoms with Gasteiger partial charge in [0.15, 0.2) is 12.2 Å². The molecule has 0 atom stereocenters. The van der Waals surface area contributed by atoms with Gasteiger partial charge in [-0.3, -0.25) is 0 Å². The van der Waals surface area contributed by atoms with Crippen LogP contribution in [0.25, 0.3) is 22.6 Å². The summed E-state index contributed by atoms with van der Waals surface area (Å²) in [5.41, 5.74) is 7.40. The second-order valence-corrected chi connectivity index (χ2v) is 4.04. The number of hydrogen-bond acceptors (Lipinski definition) is 8. The number of nitrogen functional groups attached to an aromatic ring is 1. The summed E-state index contributed by atoms with van der Waals surface area (Å²) in [6, 6.07) is 0. The SMILES string of the molecule is COC(=O)c1occ(N)c1-c1ncncc1-c1cnco1. The molecule has 8 heteroatoms. The highest BCUT2D eigenvalue weighted by Crippen LogP contribution is 2.36. The fourth-order valence-corrected chi connectivity index (χ4v) is 1.92. The van der Waals surface area contributed by atoms with Gasteiger partial charge in [-0.2, -0.15) is 0 Å². The third-order valence-electron chi connectivity index (χ3n) is 2.84. The second kappa shape index (κ2) is 5.08. The lowest BCUT2D eigenvalue weighted by atomic mass is 10.1. The van der Waals surface area contributed by atoms with E-state index in [2.05, 4.69) is 19.7 Å². The van der Waals surface area contributed by atoms with E-state index in [-0.39, 0.29) is 11.4 Å². The quantitative estimate of drug-likeness (QED) is 0.723. The van der Waals surface area contributed by atoms with E-state index in [9.17, 15) is 4.79 Å². The Morgan fingerprint density at radius 3 is 2.86 bits per heavy atom. The van der Waals surface area contributed by atoms with Crippen LogP contribution in [-0.4, -0.2) is 28.0 Å². The number of anilines is 1. The molecule has 0 unspecified atom stereocenters. The van der Waals surface area contributed by atoms with Gasteiger partial charge in [0.05, 0.1) is 35.8 Å². The molecule has 0 aromatic carbocycles. The topological polar surface area (TPSA) is 117 Å². The minimum Gasteiger partial charge on any atom is -0.463 e. The fraction of sp³-hybridized carbons (Fsp3) is 0.0769. The molecule has 0 aliphatic carbocycles. The first-order chi connectivity index (χ1) is 10.2. The van der Waals surface area contributed by atoms with Crippen LogP contribution < -0.4 is 5.73 Å². The van der Waals surface area contributed by atoms with E-state index in [4.69, 9.17) is 14.6 Å². The van der Waals surface area contributed by atoms with Crippen molar-refractivity contribution in [3.05, 3.63) is 37.1 Å². The van der Waals surface area contributed by atoms with Crippen molar-refractivity contribution in [1.29, 1.82) is 0 Å². The van der Waals surface area contributed by atoms with Gasteiger partial charge < -0.3 is 19.3 Å². The maximum Gasteiger partial charge on any atom is 0.374 e. The maximum atomic E-state index is 11.8. The molecule has 0 aliphatic rings. The molecular formula is C13H10N4O4. The third-order valence-corrected chi connectivity index (χ3v) is 2.84. The molecule has 0 radical (unpaired) electrons. The zero-order valence-corrected chi connectivity index (χ0v) is 10.9. The largest absolute Gasteiger partial charge is 0.463 e. The van der Waals surface area contributed by atoms with Gasteiger partial charge in [0.1, 0.15) is 12.6 Å². The van der Waals surface area contributed by atoms with Crippen LogP contribution in [0.1, 0.15) is 10.6 Å². The highest BCUT2D eigenvalue weighted by Gasteiger charge is 2.25. The Hall–Kier alpha value is -3.16. The van der Waals surface area contributed by atoms with Crippen molar-refractivity contribution in [2.45, 2.75) is 0 Å². The van der Waals surface area contributed by atoms with Crippen molar-refractivity contribution >= 4 is 11.7 Å². The Labute approximate surface area is 118 Å². The molecule has 0 amide bonds. The normalized spacial score (nSPS) is 10.5. The lowest BCUT2D eigenvalue weighted by Gasteiger charge is -2.06. The number of nitrogens with two attached hydrogens (primary N) is 1. The first kappa shape index (κ1) is 12.9. The van der Waals surface area contributed by atoms with Crippen LogP contribution >= 0.6 is 0 Å². The van der Waals surface area contributed by atoms with Crippen LogP contribution in [0.5, 0.6) is 0 Å². The first-order valence-corrected chi connectivity index (χ1v) is 5.87. The molecule has 21 heavy (non-hydrogen) atoms. The zero-order chi connectivity index (χ0) is 14.8. The summed E-state index contributed by atoms with van der Waals surface area (Å²) in [6.45, 7) is 0. The van der Waals surface area contributed by atoms with Gasteiger partial charge in [0, 0.05) is 6.20 Å². The van der Waals surface area contributed by atoms with Crippen molar-refractivity contribution < 1.29 is 18.4 Å². The summed E-state index contributed by atoms with van der Waals surface area (Å²) in [6.07, 6.45) is 6.93. The molecule has 0 saturated carbocycles. The van der Waals surface area contributed by atoms with Gasteiger partial charge in [-0.05, 0) is 0 Å². The first-order valence-electron chi connectivity index (χ1n) is 5.87.